The van der Waals surface area contributed by atoms with Crippen LogP contribution in [0.25, 0.3) is 0 Å². The van der Waals surface area contributed by atoms with Gasteiger partial charge in [-0.2, -0.15) is 0 Å². The van der Waals surface area contributed by atoms with E-state index in [1.165, 1.54) is 0 Å². The fraction of sp³-hybridized carbons (Fsp3) is 0.375. The molecule has 2 heterocycles. The highest BCUT2D eigenvalue weighted by Crippen LogP contribution is 2.06. The van der Waals surface area contributed by atoms with Crippen LogP contribution in [-0.4, -0.2) is 27.4 Å². The first-order valence-corrected chi connectivity index (χ1v) is 7.31. The molecular weight excluding hydrogens is 278 g/mol. The van der Waals surface area contributed by atoms with Crippen molar-refractivity contribution in [1.82, 2.24) is 20.3 Å². The number of carbonyl (C=O) groups is 1. The van der Waals surface area contributed by atoms with E-state index < -0.39 is 0 Å². The Balaban J connectivity index is 2.02. The summed E-state index contributed by atoms with van der Waals surface area (Å²) >= 11 is 0. The minimum absolute atomic E-state index is 0.213. The molecule has 6 heteroatoms. The van der Waals surface area contributed by atoms with Gasteiger partial charge in [0.15, 0.2) is 0 Å². The molecule has 0 atom stereocenters. The third-order valence-electron chi connectivity index (χ3n) is 2.96. The number of hydrogen-bond acceptors (Lipinski definition) is 5. The van der Waals surface area contributed by atoms with E-state index in [4.69, 9.17) is 0 Å². The first-order valence-electron chi connectivity index (χ1n) is 7.31. The lowest BCUT2D eigenvalue weighted by Gasteiger charge is -2.10. The minimum Gasteiger partial charge on any atom is -0.354 e. The Bertz CT molecular complexity index is 628. The van der Waals surface area contributed by atoms with Gasteiger partial charge in [0.1, 0.15) is 5.69 Å². The lowest BCUT2D eigenvalue weighted by atomic mass is 10.2. The molecule has 0 radical (unpaired) electrons. The number of pyridine rings is 1. The maximum atomic E-state index is 12.2. The van der Waals surface area contributed by atoms with Gasteiger partial charge >= 0.3 is 0 Å². The van der Waals surface area contributed by atoms with Crippen LogP contribution in [0.3, 0.4) is 0 Å². The van der Waals surface area contributed by atoms with E-state index in [0.29, 0.717) is 24.1 Å². The predicted molar refractivity (Wildman–Crippen MR) is 85.5 cm³/mol. The van der Waals surface area contributed by atoms with Gasteiger partial charge in [0, 0.05) is 31.2 Å². The fourth-order valence-electron chi connectivity index (χ4n) is 1.83. The quantitative estimate of drug-likeness (QED) is 0.854. The second kappa shape index (κ2) is 7.49. The summed E-state index contributed by atoms with van der Waals surface area (Å²) < 4.78 is 0. The molecule has 2 N–H and O–H groups in total. The molecule has 2 aromatic rings. The maximum Gasteiger partial charge on any atom is 0.270 e. The highest BCUT2D eigenvalue weighted by molar-refractivity contribution is 5.92. The first-order chi connectivity index (χ1) is 10.5. The molecule has 0 spiro atoms. The summed E-state index contributed by atoms with van der Waals surface area (Å²) in [4.78, 5) is 24.7. The van der Waals surface area contributed by atoms with Crippen LogP contribution in [0.5, 0.6) is 0 Å². The second-order valence-corrected chi connectivity index (χ2v) is 5.53. The molecule has 2 aromatic heterocycles. The average molecular weight is 299 g/mol. The van der Waals surface area contributed by atoms with Crippen molar-refractivity contribution >= 4 is 11.9 Å². The van der Waals surface area contributed by atoms with Crippen molar-refractivity contribution in [2.75, 3.05) is 11.9 Å². The number of anilines is 1. The van der Waals surface area contributed by atoms with Crippen LogP contribution < -0.4 is 10.6 Å². The van der Waals surface area contributed by atoms with E-state index in [0.717, 1.165) is 17.8 Å². The number of aromatic nitrogens is 3. The molecule has 0 aliphatic rings. The van der Waals surface area contributed by atoms with E-state index in [2.05, 4.69) is 39.4 Å². The van der Waals surface area contributed by atoms with Crippen molar-refractivity contribution in [3.05, 3.63) is 47.5 Å². The molecule has 0 aliphatic carbocycles. The summed E-state index contributed by atoms with van der Waals surface area (Å²) in [5.74, 6) is 0.755. The van der Waals surface area contributed by atoms with Gasteiger partial charge < -0.3 is 10.6 Å². The molecular formula is C16H21N5O. The van der Waals surface area contributed by atoms with Crippen molar-refractivity contribution in [3.8, 4) is 0 Å². The van der Waals surface area contributed by atoms with E-state index in [1.54, 1.807) is 18.5 Å². The zero-order chi connectivity index (χ0) is 15.9. The third-order valence-corrected chi connectivity index (χ3v) is 2.96. The number of nitrogens with one attached hydrogen (secondary N) is 2. The molecule has 1 amide bonds. The summed E-state index contributed by atoms with van der Waals surface area (Å²) in [5.41, 5.74) is 2.12. The Kier molecular flexibility index (Phi) is 5.41. The van der Waals surface area contributed by atoms with Crippen molar-refractivity contribution in [2.45, 2.75) is 27.3 Å². The normalized spacial score (nSPS) is 10.5. The molecule has 0 unspecified atom stereocenters. The Morgan fingerprint density at radius 1 is 1.23 bits per heavy atom. The molecule has 2 rings (SSSR count). The SMILES string of the molecule is Cc1cc(C(=O)NCc2ccncc2)nc(NCC(C)C)n1. The van der Waals surface area contributed by atoms with Crippen LogP contribution in [0.4, 0.5) is 5.95 Å². The van der Waals surface area contributed by atoms with Crippen molar-refractivity contribution in [3.63, 3.8) is 0 Å². The lowest BCUT2D eigenvalue weighted by molar-refractivity contribution is 0.0945. The predicted octanol–water partition coefficient (Wildman–Crippen LogP) is 2.18. The number of carbonyl (C=O) groups excluding carboxylic acids is 1. The van der Waals surface area contributed by atoms with Crippen LogP contribution in [0.2, 0.25) is 0 Å². The molecule has 0 aromatic carbocycles. The van der Waals surface area contributed by atoms with Gasteiger partial charge in [-0.25, -0.2) is 9.97 Å². The first kappa shape index (κ1) is 15.9. The van der Waals surface area contributed by atoms with Crippen LogP contribution >= 0.6 is 0 Å². The Morgan fingerprint density at radius 3 is 2.64 bits per heavy atom. The summed E-state index contributed by atoms with van der Waals surface area (Å²) in [6.45, 7) is 7.26. The third kappa shape index (κ3) is 4.80. The number of aryl methyl sites for hydroxylation is 1. The summed E-state index contributed by atoms with van der Waals surface area (Å²) in [5, 5.41) is 5.99. The molecule has 0 saturated heterocycles. The number of amides is 1. The number of hydrogen-bond donors (Lipinski definition) is 2. The standard InChI is InChI=1S/C16H21N5O/c1-11(2)9-19-16-20-12(3)8-14(21-16)15(22)18-10-13-4-6-17-7-5-13/h4-8,11H,9-10H2,1-3H3,(H,18,22)(H,19,20,21). The summed E-state index contributed by atoms with van der Waals surface area (Å²) in [6.07, 6.45) is 3.40. The maximum absolute atomic E-state index is 12.2. The molecule has 0 bridgehead atoms. The topological polar surface area (TPSA) is 79.8 Å². The van der Waals surface area contributed by atoms with Gasteiger partial charge in [0.25, 0.3) is 5.91 Å². The number of nitrogens with zero attached hydrogens (tertiary/aromatic N) is 3. The van der Waals surface area contributed by atoms with Crippen LogP contribution in [-0.2, 0) is 6.54 Å². The average Bonchev–Trinajstić information content (AvgIpc) is 2.51. The Hall–Kier alpha value is -2.50. The molecule has 0 fully saturated rings. The molecule has 22 heavy (non-hydrogen) atoms. The smallest absolute Gasteiger partial charge is 0.270 e. The van der Waals surface area contributed by atoms with Crippen molar-refractivity contribution < 1.29 is 4.79 Å². The monoisotopic (exact) mass is 299 g/mol. The Morgan fingerprint density at radius 2 is 1.95 bits per heavy atom. The molecule has 116 valence electrons. The molecule has 6 nitrogen and oxygen atoms in total. The fourth-order valence-corrected chi connectivity index (χ4v) is 1.83. The van der Waals surface area contributed by atoms with Gasteiger partial charge in [-0.1, -0.05) is 13.8 Å². The highest BCUT2D eigenvalue weighted by atomic mass is 16.1. The van der Waals surface area contributed by atoms with E-state index in [9.17, 15) is 4.79 Å². The molecule has 0 saturated carbocycles. The van der Waals surface area contributed by atoms with E-state index >= 15 is 0 Å². The van der Waals surface area contributed by atoms with Crippen LogP contribution in [0.1, 0.15) is 35.6 Å². The summed E-state index contributed by atoms with van der Waals surface area (Å²) in [7, 11) is 0. The van der Waals surface area contributed by atoms with Crippen molar-refractivity contribution in [2.24, 2.45) is 5.92 Å². The Labute approximate surface area is 130 Å². The lowest BCUT2D eigenvalue weighted by Crippen LogP contribution is -2.24. The van der Waals surface area contributed by atoms with Crippen molar-refractivity contribution in [1.29, 1.82) is 0 Å². The minimum atomic E-state index is -0.213. The zero-order valence-electron chi connectivity index (χ0n) is 13.1. The van der Waals surface area contributed by atoms with Crippen LogP contribution in [0.15, 0.2) is 30.6 Å². The summed E-state index contributed by atoms with van der Waals surface area (Å²) in [6, 6.07) is 5.41. The van der Waals surface area contributed by atoms with Gasteiger partial charge in [0.2, 0.25) is 5.95 Å². The largest absolute Gasteiger partial charge is 0.354 e. The highest BCUT2D eigenvalue weighted by Gasteiger charge is 2.10. The molecule has 0 aliphatic heterocycles. The van der Waals surface area contributed by atoms with Gasteiger partial charge in [-0.3, -0.25) is 9.78 Å². The van der Waals surface area contributed by atoms with E-state index in [1.807, 2.05) is 19.1 Å². The second-order valence-electron chi connectivity index (χ2n) is 5.53. The van der Waals surface area contributed by atoms with Gasteiger partial charge in [-0.05, 0) is 36.6 Å². The van der Waals surface area contributed by atoms with Gasteiger partial charge in [0.05, 0.1) is 0 Å². The van der Waals surface area contributed by atoms with Crippen LogP contribution in [0, 0.1) is 12.8 Å². The number of rotatable bonds is 6. The van der Waals surface area contributed by atoms with E-state index in [-0.39, 0.29) is 5.91 Å². The van der Waals surface area contributed by atoms with Gasteiger partial charge in [-0.15, -0.1) is 0 Å². The zero-order valence-corrected chi connectivity index (χ0v) is 13.1.